The fourth-order valence-corrected chi connectivity index (χ4v) is 3.47. The lowest BCUT2D eigenvalue weighted by Gasteiger charge is -2.15. The van der Waals surface area contributed by atoms with E-state index < -0.39 is 0 Å². The van der Waals surface area contributed by atoms with Crippen molar-refractivity contribution in [2.75, 3.05) is 25.0 Å². The molecule has 1 aliphatic heterocycles. The summed E-state index contributed by atoms with van der Waals surface area (Å²) in [6.45, 7) is 1.47. The first-order valence-electron chi connectivity index (χ1n) is 9.24. The maximum atomic E-state index is 12.4. The van der Waals surface area contributed by atoms with Crippen molar-refractivity contribution in [3.63, 3.8) is 0 Å². The van der Waals surface area contributed by atoms with Crippen molar-refractivity contribution in [1.82, 2.24) is 10.6 Å². The van der Waals surface area contributed by atoms with Crippen LogP contribution in [0.15, 0.2) is 24.3 Å². The topological polar surface area (TPSA) is 79.5 Å². The van der Waals surface area contributed by atoms with Gasteiger partial charge in [0.05, 0.1) is 18.2 Å². The van der Waals surface area contributed by atoms with Gasteiger partial charge in [-0.1, -0.05) is 25.0 Å². The van der Waals surface area contributed by atoms with Crippen LogP contribution in [0.1, 0.15) is 48.9 Å². The molecule has 0 bridgehead atoms. The summed E-state index contributed by atoms with van der Waals surface area (Å²) in [6, 6.07) is 7.57. The Hall–Kier alpha value is -2.08. The molecule has 1 aromatic carbocycles. The number of anilines is 1. The van der Waals surface area contributed by atoms with Gasteiger partial charge in [-0.3, -0.25) is 9.59 Å². The van der Waals surface area contributed by atoms with Crippen molar-refractivity contribution in [3.8, 4) is 0 Å². The normalized spacial score (nSPS) is 20.4. The molecule has 2 fully saturated rings. The zero-order valence-electron chi connectivity index (χ0n) is 14.6. The molecule has 3 rings (SSSR count). The lowest BCUT2D eigenvalue weighted by Crippen LogP contribution is -2.37. The van der Waals surface area contributed by atoms with Gasteiger partial charge >= 0.3 is 0 Å². The summed E-state index contributed by atoms with van der Waals surface area (Å²) in [6.07, 6.45) is 6.65. The molecule has 1 atom stereocenters. The molecule has 1 aromatic rings. The second kappa shape index (κ2) is 8.85. The minimum atomic E-state index is -0.144. The van der Waals surface area contributed by atoms with Crippen LogP contribution in [0.5, 0.6) is 0 Å². The number of rotatable bonds is 7. The van der Waals surface area contributed by atoms with Gasteiger partial charge in [0.25, 0.3) is 5.91 Å². The van der Waals surface area contributed by atoms with Crippen molar-refractivity contribution in [3.05, 3.63) is 29.8 Å². The van der Waals surface area contributed by atoms with Crippen LogP contribution in [0.4, 0.5) is 5.69 Å². The zero-order chi connectivity index (χ0) is 17.5. The number of ether oxygens (including phenoxy) is 1. The molecule has 25 heavy (non-hydrogen) atoms. The van der Waals surface area contributed by atoms with Crippen LogP contribution in [0.2, 0.25) is 0 Å². The number of carbonyl (C=O) groups is 2. The predicted molar refractivity (Wildman–Crippen MR) is 96.6 cm³/mol. The van der Waals surface area contributed by atoms with E-state index in [1.807, 2.05) is 18.2 Å². The summed E-state index contributed by atoms with van der Waals surface area (Å²) in [7, 11) is 0. The number of carbonyl (C=O) groups excluding carboxylic acids is 2. The second-order valence-corrected chi connectivity index (χ2v) is 6.79. The third-order valence-corrected chi connectivity index (χ3v) is 4.85. The van der Waals surface area contributed by atoms with Crippen molar-refractivity contribution in [2.45, 2.75) is 50.7 Å². The van der Waals surface area contributed by atoms with Gasteiger partial charge in [0, 0.05) is 24.9 Å². The lowest BCUT2D eigenvalue weighted by molar-refractivity contribution is -0.120. The molecule has 1 saturated carbocycles. The molecule has 0 unspecified atom stereocenters. The largest absolute Gasteiger partial charge is 0.376 e. The summed E-state index contributed by atoms with van der Waals surface area (Å²) in [5.74, 6) is -0.170. The van der Waals surface area contributed by atoms with Gasteiger partial charge in [0.1, 0.15) is 0 Å². The van der Waals surface area contributed by atoms with E-state index in [1.54, 1.807) is 6.07 Å². The molecule has 0 radical (unpaired) electrons. The SMILES string of the molecule is O=C(CNc1ccccc1C(=O)NC[C@@H]1CCCO1)NC1CCCC1. The van der Waals surface area contributed by atoms with E-state index in [0.29, 0.717) is 23.8 Å². The average molecular weight is 345 g/mol. The third-order valence-electron chi connectivity index (χ3n) is 4.85. The lowest BCUT2D eigenvalue weighted by atomic mass is 10.1. The highest BCUT2D eigenvalue weighted by atomic mass is 16.5. The first-order valence-corrected chi connectivity index (χ1v) is 9.24. The highest BCUT2D eigenvalue weighted by Gasteiger charge is 2.19. The van der Waals surface area contributed by atoms with Gasteiger partial charge in [-0.2, -0.15) is 0 Å². The Morgan fingerprint density at radius 2 is 1.88 bits per heavy atom. The van der Waals surface area contributed by atoms with Gasteiger partial charge in [-0.15, -0.1) is 0 Å². The molecule has 6 nitrogen and oxygen atoms in total. The van der Waals surface area contributed by atoms with Gasteiger partial charge in [0.2, 0.25) is 5.91 Å². The summed E-state index contributed by atoms with van der Waals surface area (Å²) < 4.78 is 5.53. The van der Waals surface area contributed by atoms with Crippen LogP contribution in [-0.4, -0.2) is 43.7 Å². The van der Waals surface area contributed by atoms with Crippen molar-refractivity contribution in [2.24, 2.45) is 0 Å². The van der Waals surface area contributed by atoms with Gasteiger partial charge in [0.15, 0.2) is 0 Å². The van der Waals surface area contributed by atoms with E-state index in [4.69, 9.17) is 4.74 Å². The Bertz CT molecular complexity index is 593. The van der Waals surface area contributed by atoms with E-state index in [2.05, 4.69) is 16.0 Å². The number of amides is 2. The van der Waals surface area contributed by atoms with E-state index in [0.717, 1.165) is 32.3 Å². The maximum Gasteiger partial charge on any atom is 0.253 e. The Morgan fingerprint density at radius 3 is 2.64 bits per heavy atom. The van der Waals surface area contributed by atoms with Gasteiger partial charge in [-0.25, -0.2) is 0 Å². The molecule has 1 saturated heterocycles. The number of hydrogen-bond acceptors (Lipinski definition) is 4. The first-order chi connectivity index (χ1) is 12.2. The predicted octanol–water partition coefficient (Wildman–Crippen LogP) is 2.07. The Morgan fingerprint density at radius 1 is 1.08 bits per heavy atom. The summed E-state index contributed by atoms with van der Waals surface area (Å²) in [5.41, 5.74) is 1.23. The van der Waals surface area contributed by atoms with Crippen LogP contribution in [0.3, 0.4) is 0 Å². The van der Waals surface area contributed by atoms with Gasteiger partial charge in [-0.05, 0) is 37.8 Å². The van der Waals surface area contributed by atoms with Crippen LogP contribution >= 0.6 is 0 Å². The molecule has 136 valence electrons. The molecule has 1 heterocycles. The fraction of sp³-hybridized carbons (Fsp3) is 0.579. The average Bonchev–Trinajstić information content (AvgIpc) is 3.32. The van der Waals surface area contributed by atoms with E-state index in [9.17, 15) is 9.59 Å². The molecule has 3 N–H and O–H groups in total. The molecular weight excluding hydrogens is 318 g/mol. The number of para-hydroxylation sites is 1. The van der Waals surface area contributed by atoms with Gasteiger partial charge < -0.3 is 20.7 Å². The van der Waals surface area contributed by atoms with Crippen molar-refractivity contribution in [1.29, 1.82) is 0 Å². The minimum absolute atomic E-state index is 0.0264. The smallest absolute Gasteiger partial charge is 0.253 e. The quantitative estimate of drug-likeness (QED) is 0.707. The highest BCUT2D eigenvalue weighted by Crippen LogP contribution is 2.18. The summed E-state index contributed by atoms with van der Waals surface area (Å²) in [4.78, 5) is 24.5. The van der Waals surface area contributed by atoms with Crippen molar-refractivity contribution < 1.29 is 14.3 Å². The minimum Gasteiger partial charge on any atom is -0.376 e. The summed E-state index contributed by atoms with van der Waals surface area (Å²) in [5, 5.41) is 9.06. The van der Waals surface area contributed by atoms with Crippen LogP contribution in [0.25, 0.3) is 0 Å². The molecule has 2 aliphatic rings. The first kappa shape index (κ1) is 17.7. The fourth-order valence-electron chi connectivity index (χ4n) is 3.47. The molecule has 0 spiro atoms. The highest BCUT2D eigenvalue weighted by molar-refractivity contribution is 6.00. The van der Waals surface area contributed by atoms with Crippen LogP contribution < -0.4 is 16.0 Å². The zero-order valence-corrected chi connectivity index (χ0v) is 14.6. The van der Waals surface area contributed by atoms with E-state index >= 15 is 0 Å². The maximum absolute atomic E-state index is 12.4. The Labute approximate surface area is 148 Å². The Balaban J connectivity index is 1.50. The number of benzene rings is 1. The van der Waals surface area contributed by atoms with Crippen LogP contribution in [0, 0.1) is 0 Å². The molecule has 0 aromatic heterocycles. The molecule has 6 heteroatoms. The number of nitrogens with one attached hydrogen (secondary N) is 3. The van der Waals surface area contributed by atoms with E-state index in [1.165, 1.54) is 12.8 Å². The van der Waals surface area contributed by atoms with Crippen LogP contribution in [-0.2, 0) is 9.53 Å². The standard InChI is InChI=1S/C19H27N3O3/c23-18(22-14-6-1-2-7-14)13-20-17-10-4-3-9-16(17)19(24)21-12-15-8-5-11-25-15/h3-4,9-10,14-15,20H,1-2,5-8,11-13H2,(H,21,24)(H,22,23)/t15-/m0/s1. The Kier molecular flexibility index (Phi) is 6.28. The monoisotopic (exact) mass is 345 g/mol. The molecule has 1 aliphatic carbocycles. The molecule has 2 amide bonds. The third kappa shape index (κ3) is 5.19. The van der Waals surface area contributed by atoms with E-state index in [-0.39, 0.29) is 24.5 Å². The molecular formula is C19H27N3O3. The van der Waals surface area contributed by atoms with Crippen molar-refractivity contribution >= 4 is 17.5 Å². The second-order valence-electron chi connectivity index (χ2n) is 6.79. The summed E-state index contributed by atoms with van der Waals surface area (Å²) >= 11 is 0. The number of hydrogen-bond donors (Lipinski definition) is 3.